The van der Waals surface area contributed by atoms with Gasteiger partial charge in [-0.3, -0.25) is 4.90 Å². The van der Waals surface area contributed by atoms with Gasteiger partial charge in [0.05, 0.1) is 12.5 Å². The fourth-order valence-electron chi connectivity index (χ4n) is 2.90. The molecule has 1 saturated carbocycles. The molecule has 2 aliphatic rings. The van der Waals surface area contributed by atoms with E-state index in [9.17, 15) is 0 Å². The Morgan fingerprint density at radius 3 is 2.94 bits per heavy atom. The van der Waals surface area contributed by atoms with Crippen LogP contribution in [0.5, 0.6) is 0 Å². The minimum absolute atomic E-state index is 0.489. The zero-order valence-electron chi connectivity index (χ0n) is 10.6. The van der Waals surface area contributed by atoms with E-state index in [-0.39, 0.29) is 0 Å². The van der Waals surface area contributed by atoms with Crippen molar-refractivity contribution < 1.29 is 4.42 Å². The van der Waals surface area contributed by atoms with E-state index in [1.807, 2.05) is 6.26 Å². The zero-order chi connectivity index (χ0) is 11.7. The maximum atomic E-state index is 5.21. The van der Waals surface area contributed by atoms with E-state index >= 15 is 0 Å². The van der Waals surface area contributed by atoms with Crippen molar-refractivity contribution in [1.29, 1.82) is 0 Å². The van der Waals surface area contributed by atoms with Crippen LogP contribution in [0.25, 0.3) is 0 Å². The number of nitrogens with one attached hydrogen (secondary N) is 1. The van der Waals surface area contributed by atoms with E-state index < -0.39 is 0 Å². The van der Waals surface area contributed by atoms with E-state index in [0.717, 1.165) is 6.04 Å². The molecule has 0 aromatic carbocycles. The lowest BCUT2D eigenvalue weighted by Gasteiger charge is -2.31. The molecule has 0 radical (unpaired) electrons. The highest BCUT2D eigenvalue weighted by molar-refractivity contribution is 5.12. The van der Waals surface area contributed by atoms with Gasteiger partial charge < -0.3 is 9.73 Å². The van der Waals surface area contributed by atoms with Gasteiger partial charge >= 0.3 is 0 Å². The monoisotopic (exact) mass is 234 g/mol. The lowest BCUT2D eigenvalue weighted by atomic mass is 10.1. The van der Waals surface area contributed by atoms with Gasteiger partial charge in [0.2, 0.25) is 0 Å². The molecular weight excluding hydrogens is 212 g/mol. The largest absolute Gasteiger partial charge is 0.472 e. The molecule has 1 aromatic rings. The van der Waals surface area contributed by atoms with Crippen LogP contribution in [0.3, 0.4) is 0 Å². The molecule has 3 rings (SSSR count). The summed E-state index contributed by atoms with van der Waals surface area (Å²) in [6, 6.07) is 4.10. The summed E-state index contributed by atoms with van der Waals surface area (Å²) in [7, 11) is 0. The highest BCUT2D eigenvalue weighted by atomic mass is 16.3. The fourth-order valence-corrected chi connectivity index (χ4v) is 2.90. The molecule has 94 valence electrons. The van der Waals surface area contributed by atoms with Crippen LogP contribution < -0.4 is 5.32 Å². The first-order chi connectivity index (χ1) is 8.34. The quantitative estimate of drug-likeness (QED) is 0.848. The number of hydrogen-bond donors (Lipinski definition) is 1. The van der Waals surface area contributed by atoms with Crippen molar-refractivity contribution in [2.24, 2.45) is 0 Å². The van der Waals surface area contributed by atoms with E-state index in [1.54, 1.807) is 6.26 Å². The van der Waals surface area contributed by atoms with Crippen LogP contribution in [0.15, 0.2) is 23.0 Å². The Kier molecular flexibility index (Phi) is 3.21. The minimum atomic E-state index is 0.489. The molecule has 1 saturated heterocycles. The Hall–Kier alpha value is -0.800. The molecule has 0 amide bonds. The van der Waals surface area contributed by atoms with Crippen LogP contribution in [0, 0.1) is 0 Å². The van der Waals surface area contributed by atoms with Crippen molar-refractivity contribution >= 4 is 0 Å². The van der Waals surface area contributed by atoms with Crippen molar-refractivity contribution in [2.45, 2.75) is 50.7 Å². The number of hydrogen-bond acceptors (Lipinski definition) is 3. The summed E-state index contributed by atoms with van der Waals surface area (Å²) in [6.45, 7) is 4.69. The summed E-state index contributed by atoms with van der Waals surface area (Å²) in [5.41, 5.74) is 1.31. The van der Waals surface area contributed by atoms with E-state index in [1.165, 1.54) is 44.3 Å². The average Bonchev–Trinajstić information content (AvgIpc) is 2.86. The second kappa shape index (κ2) is 4.83. The Labute approximate surface area is 103 Å². The Balaban J connectivity index is 1.66. The van der Waals surface area contributed by atoms with Crippen molar-refractivity contribution in [3.05, 3.63) is 24.2 Å². The molecule has 2 atom stereocenters. The lowest BCUT2D eigenvalue weighted by Crippen LogP contribution is -2.40. The molecule has 2 fully saturated rings. The maximum Gasteiger partial charge on any atom is 0.0950 e. The first-order valence-corrected chi connectivity index (χ1v) is 6.86. The number of furan rings is 1. The Morgan fingerprint density at radius 1 is 1.47 bits per heavy atom. The molecule has 1 aliphatic carbocycles. The predicted molar refractivity (Wildman–Crippen MR) is 67.9 cm³/mol. The minimum Gasteiger partial charge on any atom is -0.472 e. The molecule has 1 aromatic heterocycles. The average molecular weight is 234 g/mol. The zero-order valence-corrected chi connectivity index (χ0v) is 10.6. The van der Waals surface area contributed by atoms with Crippen LogP contribution in [0.4, 0.5) is 0 Å². The predicted octanol–water partition coefficient (Wildman–Crippen LogP) is 2.56. The van der Waals surface area contributed by atoms with Crippen LogP contribution >= 0.6 is 0 Å². The van der Waals surface area contributed by atoms with Gasteiger partial charge in [0.15, 0.2) is 0 Å². The number of nitrogens with zero attached hydrogens (tertiary/aromatic N) is 1. The van der Waals surface area contributed by atoms with Crippen LogP contribution in [-0.4, -0.2) is 30.1 Å². The summed E-state index contributed by atoms with van der Waals surface area (Å²) in [5, 5.41) is 3.60. The van der Waals surface area contributed by atoms with Gasteiger partial charge in [-0.2, -0.15) is 0 Å². The van der Waals surface area contributed by atoms with Crippen LogP contribution in [0.2, 0.25) is 0 Å². The molecular formula is C14H22N2O. The highest BCUT2D eigenvalue weighted by Gasteiger charge is 2.34. The standard InChI is InChI=1S/C14H22N2O/c1-11(12-6-8-17-10-12)16(14-4-5-14)9-13-3-2-7-15-13/h6,8,10-11,13-15H,2-5,7,9H2,1H3. The summed E-state index contributed by atoms with van der Waals surface area (Å²) in [5.74, 6) is 0. The maximum absolute atomic E-state index is 5.21. The van der Waals surface area contributed by atoms with Crippen molar-refractivity contribution in [1.82, 2.24) is 10.2 Å². The van der Waals surface area contributed by atoms with E-state index in [4.69, 9.17) is 4.42 Å². The highest BCUT2D eigenvalue weighted by Crippen LogP contribution is 2.34. The normalized spacial score (nSPS) is 26.6. The molecule has 0 spiro atoms. The molecule has 2 unspecified atom stereocenters. The van der Waals surface area contributed by atoms with Gasteiger partial charge in [-0.15, -0.1) is 0 Å². The second-order valence-electron chi connectivity index (χ2n) is 5.45. The fraction of sp³-hybridized carbons (Fsp3) is 0.714. The molecule has 1 N–H and O–H groups in total. The third-order valence-electron chi connectivity index (χ3n) is 4.13. The van der Waals surface area contributed by atoms with Gasteiger partial charge in [-0.25, -0.2) is 0 Å². The summed E-state index contributed by atoms with van der Waals surface area (Å²) < 4.78 is 5.21. The molecule has 17 heavy (non-hydrogen) atoms. The van der Waals surface area contributed by atoms with Gasteiger partial charge in [-0.1, -0.05) is 0 Å². The van der Waals surface area contributed by atoms with Crippen molar-refractivity contribution in [3.8, 4) is 0 Å². The summed E-state index contributed by atoms with van der Waals surface area (Å²) in [4.78, 5) is 2.66. The van der Waals surface area contributed by atoms with E-state index in [2.05, 4.69) is 23.2 Å². The van der Waals surface area contributed by atoms with Crippen LogP contribution in [0.1, 0.15) is 44.2 Å². The van der Waals surface area contributed by atoms with Gasteiger partial charge in [0.1, 0.15) is 0 Å². The van der Waals surface area contributed by atoms with Gasteiger partial charge in [0, 0.05) is 30.2 Å². The molecule has 2 heterocycles. The van der Waals surface area contributed by atoms with Crippen molar-refractivity contribution in [3.63, 3.8) is 0 Å². The lowest BCUT2D eigenvalue weighted by molar-refractivity contribution is 0.181. The third kappa shape index (κ3) is 2.55. The molecule has 0 bridgehead atoms. The summed E-state index contributed by atoms with van der Waals surface area (Å²) in [6.07, 6.45) is 9.08. The van der Waals surface area contributed by atoms with Crippen LogP contribution in [-0.2, 0) is 0 Å². The van der Waals surface area contributed by atoms with Gasteiger partial charge in [-0.05, 0) is 45.2 Å². The Morgan fingerprint density at radius 2 is 2.35 bits per heavy atom. The van der Waals surface area contributed by atoms with Crippen molar-refractivity contribution in [2.75, 3.05) is 13.1 Å². The second-order valence-corrected chi connectivity index (χ2v) is 5.45. The smallest absolute Gasteiger partial charge is 0.0950 e. The first kappa shape index (κ1) is 11.3. The first-order valence-electron chi connectivity index (χ1n) is 6.86. The third-order valence-corrected chi connectivity index (χ3v) is 4.13. The van der Waals surface area contributed by atoms with E-state index in [0.29, 0.717) is 12.1 Å². The molecule has 3 heteroatoms. The number of rotatable bonds is 5. The SMILES string of the molecule is CC(c1ccoc1)N(CC1CCCN1)C1CC1. The van der Waals surface area contributed by atoms with Gasteiger partial charge in [0.25, 0.3) is 0 Å². The topological polar surface area (TPSA) is 28.4 Å². The summed E-state index contributed by atoms with van der Waals surface area (Å²) >= 11 is 0. The molecule has 1 aliphatic heterocycles. The Bertz CT molecular complexity index is 339. The molecule has 3 nitrogen and oxygen atoms in total.